The molecule has 30 heavy (non-hydrogen) atoms. The Balaban J connectivity index is 1.69. The third-order valence-corrected chi connectivity index (χ3v) is 6.58. The van der Waals surface area contributed by atoms with Gasteiger partial charge in [-0.1, -0.05) is 12.1 Å². The van der Waals surface area contributed by atoms with Crippen molar-refractivity contribution in [3.05, 3.63) is 82.8 Å². The number of benzene rings is 1. The zero-order valence-electron chi connectivity index (χ0n) is 15.7. The van der Waals surface area contributed by atoms with Gasteiger partial charge in [0.25, 0.3) is 10.0 Å². The SMILES string of the molecule is O=S(=O)(C1=Cc2ccc(OC(F)F)cc2CC1)N(Cc1ccco1)c1ccccn1. The second-order valence-electron chi connectivity index (χ2n) is 6.63. The fraction of sp³-hybridized carbons (Fsp3) is 0.190. The molecular weight excluding hydrogens is 414 g/mol. The van der Waals surface area contributed by atoms with E-state index < -0.39 is 16.6 Å². The van der Waals surface area contributed by atoms with Gasteiger partial charge >= 0.3 is 6.61 Å². The van der Waals surface area contributed by atoms with E-state index in [0.717, 1.165) is 5.56 Å². The van der Waals surface area contributed by atoms with Crippen LogP contribution in [0.4, 0.5) is 14.6 Å². The smallest absolute Gasteiger partial charge is 0.387 e. The van der Waals surface area contributed by atoms with Gasteiger partial charge in [0.1, 0.15) is 17.3 Å². The molecule has 0 saturated heterocycles. The summed E-state index contributed by atoms with van der Waals surface area (Å²) in [6.45, 7) is -2.91. The van der Waals surface area contributed by atoms with Crippen LogP contribution in [0.2, 0.25) is 0 Å². The third kappa shape index (κ3) is 4.20. The molecule has 0 amide bonds. The van der Waals surface area contributed by atoms with Gasteiger partial charge in [0.15, 0.2) is 0 Å². The van der Waals surface area contributed by atoms with E-state index in [2.05, 4.69) is 9.72 Å². The van der Waals surface area contributed by atoms with E-state index in [1.54, 1.807) is 42.5 Å². The van der Waals surface area contributed by atoms with Gasteiger partial charge in [0, 0.05) is 6.20 Å². The molecule has 0 aliphatic heterocycles. The molecule has 3 aromatic rings. The number of alkyl halides is 2. The number of ether oxygens (including phenoxy) is 1. The number of fused-ring (bicyclic) bond motifs is 1. The zero-order valence-corrected chi connectivity index (χ0v) is 16.6. The number of pyridine rings is 1. The van der Waals surface area contributed by atoms with Crippen molar-refractivity contribution in [1.29, 1.82) is 0 Å². The minimum atomic E-state index is -3.90. The van der Waals surface area contributed by atoms with Crippen molar-refractivity contribution in [3.63, 3.8) is 0 Å². The number of allylic oxidation sites excluding steroid dienone is 1. The topological polar surface area (TPSA) is 72.6 Å². The highest BCUT2D eigenvalue weighted by molar-refractivity contribution is 7.96. The molecule has 0 fully saturated rings. The van der Waals surface area contributed by atoms with Gasteiger partial charge < -0.3 is 9.15 Å². The van der Waals surface area contributed by atoms with Crippen molar-refractivity contribution in [1.82, 2.24) is 4.98 Å². The Hall–Kier alpha value is -3.20. The number of halogens is 2. The molecule has 0 bridgehead atoms. The summed E-state index contributed by atoms with van der Waals surface area (Å²) in [5.41, 5.74) is 1.41. The average molecular weight is 432 g/mol. The van der Waals surface area contributed by atoms with Gasteiger partial charge in [0.2, 0.25) is 0 Å². The van der Waals surface area contributed by atoms with E-state index in [-0.39, 0.29) is 29.4 Å². The highest BCUT2D eigenvalue weighted by Crippen LogP contribution is 2.33. The number of aromatic nitrogens is 1. The predicted octanol–water partition coefficient (Wildman–Crippen LogP) is 4.60. The number of anilines is 1. The number of hydrogen-bond acceptors (Lipinski definition) is 5. The van der Waals surface area contributed by atoms with E-state index >= 15 is 0 Å². The number of sulfonamides is 1. The van der Waals surface area contributed by atoms with Crippen LogP contribution in [0.25, 0.3) is 6.08 Å². The Kier molecular flexibility index (Phi) is 5.54. The standard InChI is InChI=1S/C21H18F2N2O4S/c22-21(23)29-17-8-6-16-13-19(9-7-15(16)12-17)30(26,27)25(14-18-4-3-11-28-18)20-5-1-2-10-24-20/h1-6,8,10-13,21H,7,9,14H2. The number of hydrogen-bond donors (Lipinski definition) is 0. The first-order valence-corrected chi connectivity index (χ1v) is 10.6. The molecule has 2 heterocycles. The highest BCUT2D eigenvalue weighted by Gasteiger charge is 2.30. The number of rotatable bonds is 7. The van der Waals surface area contributed by atoms with E-state index in [1.807, 2.05) is 0 Å². The van der Waals surface area contributed by atoms with Crippen molar-refractivity contribution in [2.24, 2.45) is 0 Å². The van der Waals surface area contributed by atoms with E-state index in [4.69, 9.17) is 4.42 Å². The minimum Gasteiger partial charge on any atom is -0.467 e. The summed E-state index contributed by atoms with van der Waals surface area (Å²) in [6.07, 6.45) is 5.19. The van der Waals surface area contributed by atoms with Crippen LogP contribution < -0.4 is 9.04 Å². The predicted molar refractivity (Wildman–Crippen MR) is 107 cm³/mol. The van der Waals surface area contributed by atoms with Gasteiger partial charge in [-0.2, -0.15) is 8.78 Å². The lowest BCUT2D eigenvalue weighted by Gasteiger charge is -2.26. The van der Waals surface area contributed by atoms with Crippen molar-refractivity contribution in [3.8, 4) is 5.75 Å². The molecule has 0 saturated carbocycles. The lowest BCUT2D eigenvalue weighted by Crippen LogP contribution is -2.32. The molecule has 2 aromatic heterocycles. The maximum atomic E-state index is 13.5. The van der Waals surface area contributed by atoms with E-state index in [0.29, 0.717) is 17.7 Å². The molecule has 0 atom stereocenters. The highest BCUT2D eigenvalue weighted by atomic mass is 32.2. The van der Waals surface area contributed by atoms with Crippen LogP contribution in [0, 0.1) is 0 Å². The summed E-state index contributed by atoms with van der Waals surface area (Å²) in [5, 5.41) is 0. The molecule has 156 valence electrons. The van der Waals surface area contributed by atoms with Gasteiger partial charge in [-0.15, -0.1) is 0 Å². The molecule has 0 N–H and O–H groups in total. The first-order valence-electron chi connectivity index (χ1n) is 9.18. The van der Waals surface area contributed by atoms with Crippen LogP contribution in [0.3, 0.4) is 0 Å². The number of furan rings is 1. The van der Waals surface area contributed by atoms with Crippen LogP contribution in [0.1, 0.15) is 23.3 Å². The quantitative estimate of drug-likeness (QED) is 0.546. The lowest BCUT2D eigenvalue weighted by molar-refractivity contribution is -0.0498. The molecule has 0 radical (unpaired) electrons. The maximum Gasteiger partial charge on any atom is 0.387 e. The van der Waals surface area contributed by atoms with Gasteiger partial charge in [-0.05, 0) is 66.4 Å². The second-order valence-corrected chi connectivity index (χ2v) is 8.54. The maximum absolute atomic E-state index is 13.5. The second kappa shape index (κ2) is 8.27. The summed E-state index contributed by atoms with van der Waals surface area (Å²) in [4.78, 5) is 4.41. The lowest BCUT2D eigenvalue weighted by atomic mass is 9.97. The van der Waals surface area contributed by atoms with Crippen LogP contribution in [-0.2, 0) is 23.0 Å². The first-order chi connectivity index (χ1) is 14.4. The Morgan fingerprint density at radius 2 is 2.00 bits per heavy atom. The summed E-state index contributed by atoms with van der Waals surface area (Å²) < 4.78 is 62.8. The third-order valence-electron chi connectivity index (χ3n) is 4.70. The fourth-order valence-corrected chi connectivity index (χ4v) is 4.87. The molecular formula is C21H18F2N2O4S. The van der Waals surface area contributed by atoms with Crippen LogP contribution in [0.15, 0.2) is 70.3 Å². The van der Waals surface area contributed by atoms with Gasteiger partial charge in [-0.25, -0.2) is 17.7 Å². The number of aryl methyl sites for hydroxylation is 1. The first kappa shape index (κ1) is 20.1. The molecule has 4 rings (SSSR count). The average Bonchev–Trinajstić information content (AvgIpc) is 3.25. The summed E-state index contributed by atoms with van der Waals surface area (Å²) in [6, 6.07) is 12.9. The molecule has 1 aromatic carbocycles. The molecule has 9 heteroatoms. The van der Waals surface area contributed by atoms with E-state index in [1.165, 1.54) is 28.9 Å². The number of nitrogens with zero attached hydrogens (tertiary/aromatic N) is 2. The van der Waals surface area contributed by atoms with Crippen molar-refractivity contribution >= 4 is 21.9 Å². The van der Waals surface area contributed by atoms with E-state index in [9.17, 15) is 17.2 Å². The van der Waals surface area contributed by atoms with Crippen LogP contribution in [-0.4, -0.2) is 20.0 Å². The Bertz CT molecular complexity index is 1150. The fourth-order valence-electron chi connectivity index (χ4n) is 3.30. The zero-order chi connectivity index (χ0) is 21.1. The summed E-state index contributed by atoms with van der Waals surface area (Å²) >= 11 is 0. The van der Waals surface area contributed by atoms with Gasteiger partial charge in [-0.3, -0.25) is 0 Å². The monoisotopic (exact) mass is 432 g/mol. The molecule has 1 aliphatic carbocycles. The Labute approximate surface area is 172 Å². The van der Waals surface area contributed by atoms with Gasteiger partial charge in [0.05, 0.1) is 17.7 Å². The van der Waals surface area contributed by atoms with Crippen molar-refractivity contribution in [2.75, 3.05) is 4.31 Å². The summed E-state index contributed by atoms with van der Waals surface area (Å²) in [7, 11) is -3.90. The van der Waals surface area contributed by atoms with Crippen LogP contribution in [0.5, 0.6) is 5.75 Å². The van der Waals surface area contributed by atoms with Crippen LogP contribution >= 0.6 is 0 Å². The normalized spacial score (nSPS) is 13.6. The molecule has 1 aliphatic rings. The Morgan fingerprint density at radius 1 is 1.13 bits per heavy atom. The van der Waals surface area contributed by atoms with Crippen molar-refractivity contribution < 1.29 is 26.4 Å². The largest absolute Gasteiger partial charge is 0.467 e. The Morgan fingerprint density at radius 3 is 2.70 bits per heavy atom. The molecule has 6 nitrogen and oxygen atoms in total. The molecule has 0 unspecified atom stereocenters. The minimum absolute atomic E-state index is 0.00227. The molecule has 0 spiro atoms. The summed E-state index contributed by atoms with van der Waals surface area (Å²) in [5.74, 6) is 0.812. The van der Waals surface area contributed by atoms with Crippen molar-refractivity contribution in [2.45, 2.75) is 26.0 Å².